The van der Waals surface area contributed by atoms with Crippen LogP contribution in [-0.4, -0.2) is 45.4 Å². The normalized spacial score (nSPS) is 29.5. The first-order valence-corrected chi connectivity index (χ1v) is 12.8. The van der Waals surface area contributed by atoms with Gasteiger partial charge in [-0.05, 0) is 49.8 Å². The summed E-state index contributed by atoms with van der Waals surface area (Å²) in [6, 6.07) is 19.8. The smallest absolute Gasteiger partial charge is 0.243 e. The second-order valence-electron chi connectivity index (χ2n) is 9.89. The molecular weight excluding hydrogens is 414 g/mol. The zero-order chi connectivity index (χ0) is 21.3. The Morgan fingerprint density at radius 1 is 1.00 bits per heavy atom. The van der Waals surface area contributed by atoms with Gasteiger partial charge in [0.25, 0.3) is 0 Å². The van der Waals surface area contributed by atoms with Gasteiger partial charge in [-0.3, -0.25) is 9.69 Å². The Hall–Kier alpha value is -2.50. The van der Waals surface area contributed by atoms with Crippen LogP contribution in [0.3, 0.4) is 0 Å². The highest BCUT2D eigenvalue weighted by Gasteiger charge is 2.66. The first-order chi connectivity index (χ1) is 15.7. The lowest BCUT2D eigenvalue weighted by Crippen LogP contribution is -2.51. The number of hydrogen-bond donors (Lipinski definition) is 0. The van der Waals surface area contributed by atoms with Gasteiger partial charge in [0.05, 0.1) is 11.7 Å². The third kappa shape index (κ3) is 2.58. The number of carbonyl (C=O) groups is 1. The molecule has 1 amide bonds. The molecule has 4 aliphatic rings. The van der Waals surface area contributed by atoms with Crippen LogP contribution in [0.25, 0.3) is 11.3 Å². The number of benzene rings is 2. The maximum absolute atomic E-state index is 14.0. The summed E-state index contributed by atoms with van der Waals surface area (Å²) in [7, 11) is 0. The highest BCUT2D eigenvalue weighted by atomic mass is 32.1. The minimum Gasteiger partial charge on any atom is -0.337 e. The zero-order valence-corrected chi connectivity index (χ0v) is 18.9. The molecule has 3 fully saturated rings. The largest absolute Gasteiger partial charge is 0.337 e. The van der Waals surface area contributed by atoms with Crippen molar-refractivity contribution < 1.29 is 4.79 Å². The number of nitrogens with zero attached hydrogens (tertiary/aromatic N) is 3. The van der Waals surface area contributed by atoms with Gasteiger partial charge in [-0.2, -0.15) is 0 Å². The molecule has 3 atom stereocenters. The predicted molar refractivity (Wildman–Crippen MR) is 126 cm³/mol. The second-order valence-corrected chi connectivity index (χ2v) is 10.8. The van der Waals surface area contributed by atoms with E-state index in [0.29, 0.717) is 17.9 Å². The monoisotopic (exact) mass is 441 g/mol. The Balaban J connectivity index is 1.16. The molecule has 1 aromatic heterocycles. The van der Waals surface area contributed by atoms with Crippen LogP contribution < -0.4 is 0 Å². The van der Waals surface area contributed by atoms with Crippen molar-refractivity contribution in [3.63, 3.8) is 0 Å². The van der Waals surface area contributed by atoms with E-state index >= 15 is 0 Å². The van der Waals surface area contributed by atoms with Crippen LogP contribution in [0.15, 0.2) is 60.0 Å². The van der Waals surface area contributed by atoms with Crippen LogP contribution in [0, 0.1) is 5.92 Å². The summed E-state index contributed by atoms with van der Waals surface area (Å²) >= 11 is 1.77. The molecule has 3 saturated heterocycles. The number of thiazole rings is 1. The lowest BCUT2D eigenvalue weighted by Gasteiger charge is -2.34. The maximum atomic E-state index is 14.0. The van der Waals surface area contributed by atoms with Crippen LogP contribution in [-0.2, 0) is 17.6 Å². The summed E-state index contributed by atoms with van der Waals surface area (Å²) in [6.45, 7) is 1.94. The molecular formula is C27H27N3OS. The number of aromatic nitrogens is 1. The molecule has 1 aliphatic carbocycles. The number of hydrogen-bond acceptors (Lipinski definition) is 4. The Kier molecular flexibility index (Phi) is 4.16. The third-order valence-electron chi connectivity index (χ3n) is 8.42. The fraction of sp³-hybridized carbons (Fsp3) is 0.407. The lowest BCUT2D eigenvalue weighted by atomic mass is 9.85. The van der Waals surface area contributed by atoms with Gasteiger partial charge >= 0.3 is 0 Å². The molecule has 7 rings (SSSR count). The molecule has 4 heterocycles. The van der Waals surface area contributed by atoms with Gasteiger partial charge in [0.2, 0.25) is 5.91 Å². The average molecular weight is 442 g/mol. The number of fused-ring (bicyclic) bond motifs is 1. The van der Waals surface area contributed by atoms with Gasteiger partial charge in [0.15, 0.2) is 0 Å². The number of likely N-dealkylation sites (tertiary alicyclic amines) is 1. The summed E-state index contributed by atoms with van der Waals surface area (Å²) in [5.74, 6) is 0.829. The Labute approximate surface area is 192 Å². The Morgan fingerprint density at radius 3 is 2.53 bits per heavy atom. The SMILES string of the molecule is O=C1N(C2Cc3ccccc3C2)C[C@@H]2C[C@@H](c3nc(-c4ccccc4)cs3)N3CCC[C@@]123. The van der Waals surface area contributed by atoms with Crippen LogP contribution >= 0.6 is 11.3 Å². The van der Waals surface area contributed by atoms with Gasteiger partial charge in [-0.15, -0.1) is 11.3 Å². The molecule has 1 spiro atoms. The standard InChI is InChI=1S/C27H27N3OS/c31-26-27-11-6-12-30(27)24(25-28-23(17-32-25)18-7-2-1-3-8-18)15-21(27)16-29(26)22-13-19-9-4-5-10-20(19)14-22/h1-5,7-10,17,21-22,24H,6,11-16H2/t21-,24-,27-/m0/s1. The third-order valence-corrected chi connectivity index (χ3v) is 9.37. The molecule has 4 nitrogen and oxygen atoms in total. The van der Waals surface area contributed by atoms with Crippen molar-refractivity contribution in [3.05, 3.63) is 76.1 Å². The van der Waals surface area contributed by atoms with Crippen molar-refractivity contribution >= 4 is 17.2 Å². The van der Waals surface area contributed by atoms with Crippen molar-refractivity contribution in [2.75, 3.05) is 13.1 Å². The van der Waals surface area contributed by atoms with Gasteiger partial charge in [0, 0.05) is 29.4 Å². The van der Waals surface area contributed by atoms with Crippen LogP contribution in [0.5, 0.6) is 0 Å². The van der Waals surface area contributed by atoms with E-state index in [1.807, 2.05) is 6.07 Å². The average Bonchev–Trinajstić information content (AvgIpc) is 3.62. The van der Waals surface area contributed by atoms with Crippen LogP contribution in [0.4, 0.5) is 0 Å². The van der Waals surface area contributed by atoms with Crippen molar-refractivity contribution in [1.29, 1.82) is 0 Å². The molecule has 0 N–H and O–H groups in total. The number of carbonyl (C=O) groups excluding carboxylic acids is 1. The molecule has 3 aromatic rings. The first kappa shape index (κ1) is 19.0. The van der Waals surface area contributed by atoms with E-state index in [9.17, 15) is 4.79 Å². The molecule has 0 bridgehead atoms. The fourth-order valence-electron chi connectivity index (χ4n) is 7.01. The Morgan fingerprint density at radius 2 is 1.75 bits per heavy atom. The summed E-state index contributed by atoms with van der Waals surface area (Å²) in [5.41, 5.74) is 4.81. The number of rotatable bonds is 3. The van der Waals surface area contributed by atoms with E-state index in [0.717, 1.165) is 50.9 Å². The summed E-state index contributed by atoms with van der Waals surface area (Å²) in [6.07, 6.45) is 5.22. The minimum absolute atomic E-state index is 0.280. The molecule has 0 saturated carbocycles. The topological polar surface area (TPSA) is 36.4 Å². The van der Waals surface area contributed by atoms with Crippen molar-refractivity contribution in [2.45, 2.75) is 49.7 Å². The van der Waals surface area contributed by atoms with Crippen LogP contribution in [0.2, 0.25) is 0 Å². The second kappa shape index (κ2) is 7.00. The molecule has 5 heteroatoms. The van der Waals surface area contributed by atoms with E-state index in [4.69, 9.17) is 4.98 Å². The van der Waals surface area contributed by atoms with E-state index < -0.39 is 0 Å². The zero-order valence-electron chi connectivity index (χ0n) is 18.1. The van der Waals surface area contributed by atoms with E-state index in [1.54, 1.807) is 11.3 Å². The van der Waals surface area contributed by atoms with Crippen molar-refractivity contribution in [1.82, 2.24) is 14.8 Å². The lowest BCUT2D eigenvalue weighted by molar-refractivity contribution is -0.138. The van der Waals surface area contributed by atoms with Crippen molar-refractivity contribution in [2.24, 2.45) is 5.92 Å². The molecule has 0 unspecified atom stereocenters. The Bertz CT molecular complexity index is 1170. The first-order valence-electron chi connectivity index (χ1n) is 11.9. The highest BCUT2D eigenvalue weighted by molar-refractivity contribution is 7.10. The van der Waals surface area contributed by atoms with Gasteiger partial charge in [-0.25, -0.2) is 4.98 Å². The fourth-order valence-corrected chi connectivity index (χ4v) is 7.97. The van der Waals surface area contributed by atoms with Crippen molar-refractivity contribution in [3.8, 4) is 11.3 Å². The van der Waals surface area contributed by atoms with Crippen LogP contribution in [0.1, 0.15) is 41.4 Å². The number of amides is 1. The maximum Gasteiger partial charge on any atom is 0.243 e. The highest BCUT2D eigenvalue weighted by Crippen LogP contribution is 2.57. The van der Waals surface area contributed by atoms with Gasteiger partial charge in [0.1, 0.15) is 10.5 Å². The van der Waals surface area contributed by atoms with Gasteiger partial charge in [-0.1, -0.05) is 54.6 Å². The summed E-state index contributed by atoms with van der Waals surface area (Å²) in [4.78, 5) is 23.9. The quantitative estimate of drug-likeness (QED) is 0.590. The molecule has 32 heavy (non-hydrogen) atoms. The molecule has 2 aromatic carbocycles. The molecule has 3 aliphatic heterocycles. The molecule has 0 radical (unpaired) electrons. The molecule has 162 valence electrons. The van der Waals surface area contributed by atoms with E-state index in [1.165, 1.54) is 21.7 Å². The van der Waals surface area contributed by atoms with Gasteiger partial charge < -0.3 is 4.90 Å². The summed E-state index contributed by atoms with van der Waals surface area (Å²) < 4.78 is 0. The van der Waals surface area contributed by atoms with E-state index in [2.05, 4.69) is 63.7 Å². The predicted octanol–water partition coefficient (Wildman–Crippen LogP) is 4.72. The minimum atomic E-state index is -0.280. The van der Waals surface area contributed by atoms with E-state index in [-0.39, 0.29) is 11.6 Å². The summed E-state index contributed by atoms with van der Waals surface area (Å²) in [5, 5.41) is 3.37.